The lowest BCUT2D eigenvalue weighted by molar-refractivity contribution is 0.883. The van der Waals surface area contributed by atoms with E-state index in [0.717, 1.165) is 27.2 Å². The highest BCUT2D eigenvalue weighted by atomic mass is 35.5. The fraction of sp³-hybridized carbons (Fsp3) is 0.176. The van der Waals surface area contributed by atoms with Crippen molar-refractivity contribution in [1.82, 2.24) is 14.8 Å². The van der Waals surface area contributed by atoms with Gasteiger partial charge in [-0.1, -0.05) is 41.6 Å². The Morgan fingerprint density at radius 1 is 1.13 bits per heavy atom. The Bertz CT molecular complexity index is 800. The molecule has 0 spiro atoms. The summed E-state index contributed by atoms with van der Waals surface area (Å²) in [6.07, 6.45) is 3.80. The number of benzene rings is 2. The minimum atomic E-state index is 0.750. The van der Waals surface area contributed by atoms with E-state index in [1.807, 2.05) is 29.7 Å². The van der Waals surface area contributed by atoms with Crippen molar-refractivity contribution < 1.29 is 0 Å². The molecule has 118 valence electrons. The molecular weight excluding hydrogens is 346 g/mol. The lowest BCUT2D eigenvalue weighted by atomic mass is 10.2. The second kappa shape index (κ2) is 7.43. The first-order chi connectivity index (χ1) is 11.2. The molecule has 0 aliphatic carbocycles. The summed E-state index contributed by atoms with van der Waals surface area (Å²) < 4.78 is 1.96. The summed E-state index contributed by atoms with van der Waals surface area (Å²) >= 11 is 9.64. The molecule has 0 saturated carbocycles. The van der Waals surface area contributed by atoms with Crippen molar-refractivity contribution in [3.05, 3.63) is 64.9 Å². The third kappa shape index (κ3) is 3.91. The molecule has 0 radical (unpaired) electrons. The van der Waals surface area contributed by atoms with E-state index in [9.17, 15) is 0 Å². The first-order valence-corrected chi connectivity index (χ1v) is 9.68. The number of halogens is 1. The van der Waals surface area contributed by atoms with Crippen molar-refractivity contribution in [2.24, 2.45) is 0 Å². The van der Waals surface area contributed by atoms with E-state index in [-0.39, 0.29) is 0 Å². The lowest BCUT2D eigenvalue weighted by Gasteiger charge is -2.08. The van der Waals surface area contributed by atoms with Gasteiger partial charge in [-0.05, 0) is 48.6 Å². The number of nitrogens with zero attached hydrogens (tertiary/aromatic N) is 3. The fourth-order valence-electron chi connectivity index (χ4n) is 2.10. The summed E-state index contributed by atoms with van der Waals surface area (Å²) in [4.78, 5) is 1.27. The highest BCUT2D eigenvalue weighted by molar-refractivity contribution is 7.98. The minimum Gasteiger partial charge on any atom is -0.277 e. The number of thioether (sulfide) groups is 2. The first kappa shape index (κ1) is 16.4. The van der Waals surface area contributed by atoms with Crippen LogP contribution in [-0.2, 0) is 5.75 Å². The van der Waals surface area contributed by atoms with Crippen LogP contribution in [0, 0.1) is 6.92 Å². The number of rotatable bonds is 5. The van der Waals surface area contributed by atoms with Crippen molar-refractivity contribution in [2.75, 3.05) is 6.26 Å². The molecule has 0 N–H and O–H groups in total. The fourth-order valence-corrected chi connectivity index (χ4v) is 3.57. The third-order valence-corrected chi connectivity index (χ3v) is 5.64. The average Bonchev–Trinajstić information content (AvgIpc) is 3.04. The Balaban J connectivity index is 1.76. The molecule has 0 aliphatic heterocycles. The molecule has 3 nitrogen and oxygen atoms in total. The van der Waals surface area contributed by atoms with Gasteiger partial charge >= 0.3 is 0 Å². The van der Waals surface area contributed by atoms with Gasteiger partial charge in [0, 0.05) is 15.7 Å². The molecule has 0 atom stereocenters. The summed E-state index contributed by atoms with van der Waals surface area (Å²) in [6, 6.07) is 14.6. The van der Waals surface area contributed by atoms with Crippen molar-refractivity contribution in [2.45, 2.75) is 22.7 Å². The van der Waals surface area contributed by atoms with Crippen LogP contribution in [0.2, 0.25) is 5.02 Å². The minimum absolute atomic E-state index is 0.750. The maximum absolute atomic E-state index is 6.22. The maximum atomic E-state index is 6.22. The van der Waals surface area contributed by atoms with E-state index < -0.39 is 0 Å². The zero-order valence-corrected chi connectivity index (χ0v) is 15.3. The zero-order valence-electron chi connectivity index (χ0n) is 12.9. The van der Waals surface area contributed by atoms with Crippen LogP contribution in [0.4, 0.5) is 0 Å². The van der Waals surface area contributed by atoms with Crippen LogP contribution in [0.1, 0.15) is 11.1 Å². The van der Waals surface area contributed by atoms with Crippen LogP contribution < -0.4 is 0 Å². The average molecular weight is 362 g/mol. The molecule has 0 bridgehead atoms. The van der Waals surface area contributed by atoms with Crippen molar-refractivity contribution >= 4 is 35.1 Å². The van der Waals surface area contributed by atoms with E-state index in [2.05, 4.69) is 40.7 Å². The lowest BCUT2D eigenvalue weighted by Crippen LogP contribution is -1.96. The predicted molar refractivity (Wildman–Crippen MR) is 98.9 cm³/mol. The Kier molecular flexibility index (Phi) is 5.30. The largest absolute Gasteiger partial charge is 0.277 e. The summed E-state index contributed by atoms with van der Waals surface area (Å²) in [7, 11) is 0. The van der Waals surface area contributed by atoms with Gasteiger partial charge in [0.1, 0.15) is 6.33 Å². The van der Waals surface area contributed by atoms with Crippen LogP contribution >= 0.6 is 35.1 Å². The molecule has 3 aromatic rings. The maximum Gasteiger partial charge on any atom is 0.195 e. The molecule has 3 rings (SSSR count). The van der Waals surface area contributed by atoms with Crippen molar-refractivity contribution in [1.29, 1.82) is 0 Å². The second-order valence-electron chi connectivity index (χ2n) is 5.05. The summed E-state index contributed by atoms with van der Waals surface area (Å²) in [5, 5.41) is 9.87. The normalized spacial score (nSPS) is 10.9. The summed E-state index contributed by atoms with van der Waals surface area (Å²) in [6.45, 7) is 1.99. The molecule has 1 aromatic heterocycles. The third-order valence-electron chi connectivity index (χ3n) is 3.48. The van der Waals surface area contributed by atoms with Crippen molar-refractivity contribution in [3.8, 4) is 5.69 Å². The van der Waals surface area contributed by atoms with Crippen LogP contribution in [0.3, 0.4) is 0 Å². The smallest absolute Gasteiger partial charge is 0.195 e. The van der Waals surface area contributed by atoms with E-state index in [1.54, 1.807) is 29.9 Å². The van der Waals surface area contributed by atoms with E-state index >= 15 is 0 Å². The van der Waals surface area contributed by atoms with Gasteiger partial charge in [-0.2, -0.15) is 0 Å². The molecule has 2 aromatic carbocycles. The number of aryl methyl sites for hydroxylation is 1. The molecule has 0 unspecified atom stereocenters. The predicted octanol–water partition coefficient (Wildman–Crippen LogP) is 5.24. The molecule has 0 fully saturated rings. The highest BCUT2D eigenvalue weighted by Crippen LogP contribution is 2.26. The number of hydrogen-bond donors (Lipinski definition) is 0. The first-order valence-electron chi connectivity index (χ1n) is 7.09. The van der Waals surface area contributed by atoms with Gasteiger partial charge in [-0.15, -0.1) is 22.0 Å². The quantitative estimate of drug-likeness (QED) is 0.581. The van der Waals surface area contributed by atoms with E-state index in [0.29, 0.717) is 0 Å². The van der Waals surface area contributed by atoms with Gasteiger partial charge < -0.3 is 0 Å². The van der Waals surface area contributed by atoms with Crippen LogP contribution in [0.15, 0.2) is 58.8 Å². The molecule has 1 heterocycles. The van der Waals surface area contributed by atoms with E-state index in [1.165, 1.54) is 10.5 Å². The zero-order chi connectivity index (χ0) is 16.2. The van der Waals surface area contributed by atoms with Crippen LogP contribution in [0.5, 0.6) is 0 Å². The van der Waals surface area contributed by atoms with Gasteiger partial charge in [0.2, 0.25) is 0 Å². The molecule has 0 aliphatic rings. The van der Waals surface area contributed by atoms with Crippen LogP contribution in [-0.4, -0.2) is 21.0 Å². The van der Waals surface area contributed by atoms with E-state index in [4.69, 9.17) is 11.6 Å². The standard InChI is InChI=1S/C17H16ClN3S2/c1-12-3-6-14(9-16(12)18)21-11-19-20-17(21)23-10-13-4-7-15(22-2)8-5-13/h3-9,11H,10H2,1-2H3. The summed E-state index contributed by atoms with van der Waals surface area (Å²) in [5.74, 6) is 0.854. The molecular formula is C17H16ClN3S2. The van der Waals surface area contributed by atoms with Gasteiger partial charge in [0.05, 0.1) is 5.69 Å². The second-order valence-corrected chi connectivity index (χ2v) is 7.28. The van der Waals surface area contributed by atoms with Crippen LogP contribution in [0.25, 0.3) is 5.69 Å². The number of aromatic nitrogens is 3. The Morgan fingerprint density at radius 2 is 1.91 bits per heavy atom. The molecule has 6 heteroatoms. The van der Waals surface area contributed by atoms with Crippen molar-refractivity contribution in [3.63, 3.8) is 0 Å². The Hall–Kier alpha value is -1.43. The topological polar surface area (TPSA) is 30.7 Å². The highest BCUT2D eigenvalue weighted by Gasteiger charge is 2.09. The molecule has 0 amide bonds. The molecule has 0 saturated heterocycles. The monoisotopic (exact) mass is 361 g/mol. The Morgan fingerprint density at radius 3 is 2.61 bits per heavy atom. The summed E-state index contributed by atoms with van der Waals surface area (Å²) in [5.41, 5.74) is 3.31. The number of hydrogen-bond acceptors (Lipinski definition) is 4. The van der Waals surface area contributed by atoms with Gasteiger partial charge in [-0.3, -0.25) is 4.57 Å². The van der Waals surface area contributed by atoms with Gasteiger partial charge in [0.25, 0.3) is 0 Å². The van der Waals surface area contributed by atoms with Gasteiger partial charge in [-0.25, -0.2) is 0 Å². The molecule has 23 heavy (non-hydrogen) atoms. The Labute approximate surface area is 149 Å². The van der Waals surface area contributed by atoms with Gasteiger partial charge in [0.15, 0.2) is 5.16 Å². The SMILES string of the molecule is CSc1ccc(CSc2nncn2-c2ccc(C)c(Cl)c2)cc1.